The molecule has 1 fully saturated rings. The van der Waals surface area contributed by atoms with Crippen molar-refractivity contribution in [2.45, 2.75) is 24.1 Å². The molecule has 0 amide bonds. The summed E-state index contributed by atoms with van der Waals surface area (Å²) in [6.07, 6.45) is -3.75. The van der Waals surface area contributed by atoms with Gasteiger partial charge in [-0.1, -0.05) is 0 Å². The minimum absolute atomic E-state index is 0.262. The zero-order chi connectivity index (χ0) is 10.1. The van der Waals surface area contributed by atoms with Crippen molar-refractivity contribution in [3.63, 3.8) is 0 Å². The zero-order valence-electron chi connectivity index (χ0n) is 7.25. The maximum atomic E-state index is 9.56. The minimum Gasteiger partial charge on any atom is -0.394 e. The Morgan fingerprint density at radius 1 is 1.46 bits per heavy atom. The predicted octanol–water partition coefficient (Wildman–Crippen LogP) is -2.57. The molecule has 0 spiro atoms. The molecule has 0 aromatic heterocycles. The van der Waals surface area contributed by atoms with Crippen LogP contribution in [0.1, 0.15) is 0 Å². The van der Waals surface area contributed by atoms with Crippen molar-refractivity contribution in [2.75, 3.05) is 20.3 Å². The SMILES string of the molecule is COCC1(O)O[C@H](CO)[C@@H](O)[C@@H]1O. The van der Waals surface area contributed by atoms with Crippen molar-refractivity contribution in [2.24, 2.45) is 0 Å². The van der Waals surface area contributed by atoms with E-state index in [1.165, 1.54) is 7.11 Å². The third kappa shape index (κ3) is 1.83. The molecule has 0 radical (unpaired) electrons. The highest BCUT2D eigenvalue weighted by molar-refractivity contribution is 4.95. The molecular weight excluding hydrogens is 180 g/mol. The molecular formula is C7H14O6. The van der Waals surface area contributed by atoms with Gasteiger partial charge < -0.3 is 29.9 Å². The second-order valence-electron chi connectivity index (χ2n) is 3.05. The first-order valence-electron chi connectivity index (χ1n) is 3.91. The van der Waals surface area contributed by atoms with Crippen molar-refractivity contribution in [1.29, 1.82) is 0 Å². The van der Waals surface area contributed by atoms with Crippen molar-refractivity contribution in [1.82, 2.24) is 0 Å². The van der Waals surface area contributed by atoms with E-state index in [1.807, 2.05) is 0 Å². The molecule has 0 aliphatic carbocycles. The average molecular weight is 194 g/mol. The van der Waals surface area contributed by atoms with Crippen molar-refractivity contribution >= 4 is 0 Å². The van der Waals surface area contributed by atoms with Crippen LogP contribution in [-0.2, 0) is 9.47 Å². The van der Waals surface area contributed by atoms with Gasteiger partial charge in [-0.25, -0.2) is 0 Å². The summed E-state index contributed by atoms with van der Waals surface area (Å²) in [7, 11) is 1.33. The molecule has 6 nitrogen and oxygen atoms in total. The van der Waals surface area contributed by atoms with Crippen LogP contribution in [0.15, 0.2) is 0 Å². The standard InChI is InChI=1S/C7H14O6/c1-12-3-7(11)6(10)5(9)4(2-8)13-7/h4-6,8-11H,2-3H2,1H3/t4-,5-,6+,7?/m1/s1. The molecule has 0 aromatic carbocycles. The number of aliphatic hydroxyl groups is 4. The van der Waals surface area contributed by atoms with E-state index in [4.69, 9.17) is 9.84 Å². The Labute approximate surface area is 75.3 Å². The second-order valence-corrected chi connectivity index (χ2v) is 3.05. The van der Waals surface area contributed by atoms with Crippen molar-refractivity contribution < 1.29 is 29.9 Å². The first kappa shape index (κ1) is 10.8. The van der Waals surface area contributed by atoms with Gasteiger partial charge in [0.25, 0.3) is 0 Å². The van der Waals surface area contributed by atoms with Crippen molar-refractivity contribution in [3.8, 4) is 0 Å². The summed E-state index contributed by atoms with van der Waals surface area (Å²) < 4.78 is 9.46. The molecule has 1 saturated heterocycles. The van der Waals surface area contributed by atoms with E-state index < -0.39 is 30.7 Å². The van der Waals surface area contributed by atoms with Gasteiger partial charge in [-0.3, -0.25) is 0 Å². The lowest BCUT2D eigenvalue weighted by molar-refractivity contribution is -0.251. The number of rotatable bonds is 3. The van der Waals surface area contributed by atoms with Gasteiger partial charge in [-0.2, -0.15) is 0 Å². The van der Waals surface area contributed by atoms with Gasteiger partial charge in [-0.15, -0.1) is 0 Å². The molecule has 78 valence electrons. The lowest BCUT2D eigenvalue weighted by atomic mass is 10.1. The van der Waals surface area contributed by atoms with Gasteiger partial charge in [0.05, 0.1) is 6.61 Å². The van der Waals surface area contributed by atoms with E-state index in [0.717, 1.165) is 0 Å². The lowest BCUT2D eigenvalue weighted by Gasteiger charge is -2.24. The Morgan fingerprint density at radius 3 is 2.46 bits per heavy atom. The number of hydrogen-bond acceptors (Lipinski definition) is 6. The predicted molar refractivity (Wildman–Crippen MR) is 40.8 cm³/mol. The highest BCUT2D eigenvalue weighted by Gasteiger charge is 2.53. The van der Waals surface area contributed by atoms with Crippen LogP contribution in [-0.4, -0.2) is 64.8 Å². The Hall–Kier alpha value is -0.240. The quantitative estimate of drug-likeness (QED) is 0.394. The first-order chi connectivity index (χ1) is 6.05. The Morgan fingerprint density at radius 2 is 2.08 bits per heavy atom. The molecule has 0 aromatic rings. The summed E-state index contributed by atoms with van der Waals surface area (Å²) in [5, 5.41) is 36.9. The van der Waals surface area contributed by atoms with Gasteiger partial charge in [0.1, 0.15) is 24.9 Å². The molecule has 1 rings (SSSR count). The Balaban J connectivity index is 2.69. The van der Waals surface area contributed by atoms with Crippen LogP contribution in [0.25, 0.3) is 0 Å². The smallest absolute Gasteiger partial charge is 0.219 e. The maximum absolute atomic E-state index is 9.56. The average Bonchev–Trinajstić information content (AvgIpc) is 2.31. The van der Waals surface area contributed by atoms with E-state index in [9.17, 15) is 15.3 Å². The van der Waals surface area contributed by atoms with Crippen LogP contribution in [0.5, 0.6) is 0 Å². The molecule has 0 bridgehead atoms. The molecule has 1 aliphatic heterocycles. The lowest BCUT2D eigenvalue weighted by Crippen LogP contribution is -2.46. The van der Waals surface area contributed by atoms with E-state index in [-0.39, 0.29) is 6.61 Å². The first-order valence-corrected chi connectivity index (χ1v) is 3.91. The van der Waals surface area contributed by atoms with E-state index >= 15 is 0 Å². The summed E-state index contributed by atoms with van der Waals surface area (Å²) in [6.45, 7) is -0.730. The van der Waals surface area contributed by atoms with Crippen LogP contribution in [0.3, 0.4) is 0 Å². The largest absolute Gasteiger partial charge is 0.394 e. The van der Waals surface area contributed by atoms with E-state index in [0.29, 0.717) is 0 Å². The normalized spacial score (nSPS) is 45.5. The molecule has 4 atom stereocenters. The minimum atomic E-state index is -1.93. The van der Waals surface area contributed by atoms with Crippen LogP contribution >= 0.6 is 0 Å². The fraction of sp³-hybridized carbons (Fsp3) is 1.00. The van der Waals surface area contributed by atoms with Crippen LogP contribution in [0.4, 0.5) is 0 Å². The number of ether oxygens (including phenoxy) is 2. The number of aliphatic hydroxyl groups excluding tert-OH is 3. The van der Waals surface area contributed by atoms with E-state index in [1.54, 1.807) is 0 Å². The molecule has 1 heterocycles. The molecule has 1 aliphatic rings. The summed E-state index contributed by atoms with van der Waals surface area (Å²) in [4.78, 5) is 0. The van der Waals surface area contributed by atoms with Crippen LogP contribution in [0, 0.1) is 0 Å². The number of hydrogen-bond donors (Lipinski definition) is 4. The summed E-state index contributed by atoms with van der Waals surface area (Å²) in [5.74, 6) is -1.93. The fourth-order valence-electron chi connectivity index (χ4n) is 1.34. The van der Waals surface area contributed by atoms with Gasteiger partial charge in [0.15, 0.2) is 0 Å². The van der Waals surface area contributed by atoms with Crippen molar-refractivity contribution in [3.05, 3.63) is 0 Å². The Bertz CT molecular complexity index is 174. The third-order valence-corrected chi connectivity index (χ3v) is 2.05. The topological polar surface area (TPSA) is 99.4 Å². The molecule has 6 heteroatoms. The van der Waals surface area contributed by atoms with Crippen LogP contribution in [0.2, 0.25) is 0 Å². The summed E-state index contributed by atoms with van der Waals surface area (Å²) >= 11 is 0. The zero-order valence-corrected chi connectivity index (χ0v) is 7.25. The van der Waals surface area contributed by atoms with E-state index in [2.05, 4.69) is 4.74 Å². The molecule has 4 N–H and O–H groups in total. The third-order valence-electron chi connectivity index (χ3n) is 2.05. The molecule has 13 heavy (non-hydrogen) atoms. The second kappa shape index (κ2) is 3.87. The highest BCUT2D eigenvalue weighted by atomic mass is 16.7. The van der Waals surface area contributed by atoms with Gasteiger partial charge >= 0.3 is 0 Å². The molecule has 1 unspecified atom stereocenters. The van der Waals surface area contributed by atoms with Gasteiger partial charge in [0.2, 0.25) is 5.79 Å². The maximum Gasteiger partial charge on any atom is 0.219 e. The monoisotopic (exact) mass is 194 g/mol. The highest BCUT2D eigenvalue weighted by Crippen LogP contribution is 2.29. The fourth-order valence-corrected chi connectivity index (χ4v) is 1.34. The van der Waals surface area contributed by atoms with Gasteiger partial charge in [-0.05, 0) is 0 Å². The Kier molecular flexibility index (Phi) is 3.23. The summed E-state index contributed by atoms with van der Waals surface area (Å²) in [5.41, 5.74) is 0. The summed E-state index contributed by atoms with van der Waals surface area (Å²) in [6, 6.07) is 0. The number of methoxy groups -OCH3 is 1. The van der Waals surface area contributed by atoms with Crippen LogP contribution < -0.4 is 0 Å². The van der Waals surface area contributed by atoms with Gasteiger partial charge in [0, 0.05) is 7.11 Å². The molecule has 0 saturated carbocycles.